The molecule has 0 radical (unpaired) electrons. The number of nitrogens with zero attached hydrogens (tertiary/aromatic N) is 1. The molecule has 0 aliphatic carbocycles. The molecule has 6 heteroatoms. The van der Waals surface area contributed by atoms with Gasteiger partial charge in [-0.1, -0.05) is 31.2 Å². The molecule has 2 amide bonds. The van der Waals surface area contributed by atoms with Crippen molar-refractivity contribution in [3.63, 3.8) is 0 Å². The maximum atomic E-state index is 13.1. The highest BCUT2D eigenvalue weighted by Crippen LogP contribution is 2.13. The van der Waals surface area contributed by atoms with Crippen molar-refractivity contribution in [3.8, 4) is 5.75 Å². The molecule has 144 valence electrons. The van der Waals surface area contributed by atoms with Crippen LogP contribution < -0.4 is 10.1 Å². The third kappa shape index (κ3) is 5.81. The van der Waals surface area contributed by atoms with Crippen molar-refractivity contribution in [2.75, 3.05) is 7.11 Å². The van der Waals surface area contributed by atoms with Crippen LogP contribution >= 0.6 is 0 Å². The number of amides is 2. The number of ether oxygens (including phenoxy) is 1. The summed E-state index contributed by atoms with van der Waals surface area (Å²) in [6, 6.07) is 12.7. The van der Waals surface area contributed by atoms with E-state index in [4.69, 9.17) is 4.74 Å². The first kappa shape index (κ1) is 20.4. The molecule has 27 heavy (non-hydrogen) atoms. The van der Waals surface area contributed by atoms with Gasteiger partial charge >= 0.3 is 0 Å². The fourth-order valence-corrected chi connectivity index (χ4v) is 2.65. The van der Waals surface area contributed by atoms with E-state index in [1.165, 1.54) is 17.0 Å². The summed E-state index contributed by atoms with van der Waals surface area (Å²) in [5.74, 6) is 0.0380. The molecule has 1 atom stereocenters. The van der Waals surface area contributed by atoms with Crippen LogP contribution in [-0.4, -0.2) is 29.9 Å². The van der Waals surface area contributed by atoms with E-state index in [1.54, 1.807) is 33.1 Å². The van der Waals surface area contributed by atoms with Gasteiger partial charge < -0.3 is 15.0 Å². The quantitative estimate of drug-likeness (QED) is 0.774. The standard InChI is InChI=1S/C21H25FN2O3/c1-4-20(25)24(14-17-5-9-18(22)10-6-17)15(2)21(26)23-13-16-7-11-19(27-3)12-8-16/h5-12,15H,4,13-14H2,1-3H3,(H,23,26)/t15-/m0/s1. The number of benzene rings is 2. The smallest absolute Gasteiger partial charge is 0.242 e. The van der Waals surface area contributed by atoms with Crippen molar-refractivity contribution in [1.82, 2.24) is 10.2 Å². The number of hydrogen-bond donors (Lipinski definition) is 1. The normalized spacial score (nSPS) is 11.6. The van der Waals surface area contributed by atoms with E-state index in [0.717, 1.165) is 16.9 Å². The van der Waals surface area contributed by atoms with Crippen molar-refractivity contribution >= 4 is 11.8 Å². The van der Waals surface area contributed by atoms with Crippen molar-refractivity contribution in [1.29, 1.82) is 0 Å². The van der Waals surface area contributed by atoms with E-state index >= 15 is 0 Å². The Morgan fingerprint density at radius 2 is 1.67 bits per heavy atom. The van der Waals surface area contributed by atoms with Crippen molar-refractivity contribution < 1.29 is 18.7 Å². The summed E-state index contributed by atoms with van der Waals surface area (Å²) in [6.45, 7) is 4.06. The van der Waals surface area contributed by atoms with Crippen LogP contribution in [0.25, 0.3) is 0 Å². The Morgan fingerprint density at radius 1 is 1.07 bits per heavy atom. The maximum absolute atomic E-state index is 13.1. The predicted molar refractivity (Wildman–Crippen MR) is 102 cm³/mol. The highest BCUT2D eigenvalue weighted by atomic mass is 19.1. The van der Waals surface area contributed by atoms with Gasteiger partial charge in [-0.05, 0) is 42.3 Å². The van der Waals surface area contributed by atoms with Crippen LogP contribution in [0.15, 0.2) is 48.5 Å². The van der Waals surface area contributed by atoms with Gasteiger partial charge in [-0.3, -0.25) is 9.59 Å². The largest absolute Gasteiger partial charge is 0.497 e. The summed E-state index contributed by atoms with van der Waals surface area (Å²) in [4.78, 5) is 26.4. The topological polar surface area (TPSA) is 58.6 Å². The van der Waals surface area contributed by atoms with E-state index in [0.29, 0.717) is 6.54 Å². The first-order chi connectivity index (χ1) is 12.9. The molecule has 1 N–H and O–H groups in total. The highest BCUT2D eigenvalue weighted by molar-refractivity contribution is 5.87. The predicted octanol–water partition coefficient (Wildman–Crippen LogP) is 3.28. The summed E-state index contributed by atoms with van der Waals surface area (Å²) >= 11 is 0. The van der Waals surface area contributed by atoms with Gasteiger partial charge in [0.2, 0.25) is 11.8 Å². The second-order valence-electron chi connectivity index (χ2n) is 6.24. The van der Waals surface area contributed by atoms with Crippen molar-refractivity contribution in [2.45, 2.75) is 39.4 Å². The Hall–Kier alpha value is -2.89. The van der Waals surface area contributed by atoms with Crippen LogP contribution in [0.2, 0.25) is 0 Å². The minimum absolute atomic E-state index is 0.133. The summed E-state index contributed by atoms with van der Waals surface area (Å²) < 4.78 is 18.2. The Balaban J connectivity index is 2.01. The van der Waals surface area contributed by atoms with E-state index in [-0.39, 0.29) is 30.6 Å². The van der Waals surface area contributed by atoms with E-state index < -0.39 is 6.04 Å². The van der Waals surface area contributed by atoms with Crippen molar-refractivity contribution in [3.05, 3.63) is 65.5 Å². The summed E-state index contributed by atoms with van der Waals surface area (Å²) in [5, 5.41) is 2.86. The number of methoxy groups -OCH3 is 1. The Morgan fingerprint density at radius 3 is 2.22 bits per heavy atom. The lowest BCUT2D eigenvalue weighted by molar-refractivity contribution is -0.140. The zero-order valence-electron chi connectivity index (χ0n) is 15.9. The molecule has 0 spiro atoms. The molecule has 0 fully saturated rings. The zero-order chi connectivity index (χ0) is 19.8. The number of rotatable bonds is 8. The van der Waals surface area contributed by atoms with Crippen LogP contribution in [0.4, 0.5) is 4.39 Å². The molecular weight excluding hydrogens is 347 g/mol. The van der Waals surface area contributed by atoms with Crippen LogP contribution in [-0.2, 0) is 22.7 Å². The fourth-order valence-electron chi connectivity index (χ4n) is 2.65. The minimum Gasteiger partial charge on any atom is -0.497 e. The van der Waals surface area contributed by atoms with Crippen LogP contribution in [0.3, 0.4) is 0 Å². The summed E-state index contributed by atoms with van der Waals surface area (Å²) in [5.41, 5.74) is 1.70. The lowest BCUT2D eigenvalue weighted by Gasteiger charge is -2.28. The molecule has 0 saturated heterocycles. The molecule has 5 nitrogen and oxygen atoms in total. The number of nitrogens with one attached hydrogen (secondary N) is 1. The van der Waals surface area contributed by atoms with E-state index in [1.807, 2.05) is 24.3 Å². The first-order valence-corrected chi connectivity index (χ1v) is 8.89. The minimum atomic E-state index is -0.638. The second kappa shape index (κ2) is 9.71. The average Bonchev–Trinajstić information content (AvgIpc) is 2.70. The third-order valence-electron chi connectivity index (χ3n) is 4.36. The second-order valence-corrected chi connectivity index (χ2v) is 6.24. The SMILES string of the molecule is CCC(=O)N(Cc1ccc(F)cc1)[C@@H](C)C(=O)NCc1ccc(OC)cc1. The highest BCUT2D eigenvalue weighted by Gasteiger charge is 2.24. The molecule has 2 aromatic carbocycles. The van der Waals surface area contributed by atoms with Gasteiger partial charge in [0.1, 0.15) is 17.6 Å². The molecule has 0 aromatic heterocycles. The van der Waals surface area contributed by atoms with E-state index in [9.17, 15) is 14.0 Å². The Kier molecular flexibility index (Phi) is 7.34. The van der Waals surface area contributed by atoms with Gasteiger partial charge in [0.25, 0.3) is 0 Å². The van der Waals surface area contributed by atoms with Crippen LogP contribution in [0.1, 0.15) is 31.4 Å². The molecule has 2 rings (SSSR count). The number of halogens is 1. The summed E-state index contributed by atoms with van der Waals surface area (Å²) in [6.07, 6.45) is 0.289. The van der Waals surface area contributed by atoms with Gasteiger partial charge in [-0.25, -0.2) is 4.39 Å². The number of carbonyl (C=O) groups is 2. The van der Waals surface area contributed by atoms with Crippen molar-refractivity contribution in [2.24, 2.45) is 0 Å². The van der Waals surface area contributed by atoms with Gasteiger partial charge in [0.15, 0.2) is 0 Å². The summed E-state index contributed by atoms with van der Waals surface area (Å²) in [7, 11) is 1.60. The molecule has 0 heterocycles. The Labute approximate surface area is 159 Å². The van der Waals surface area contributed by atoms with Gasteiger partial charge in [-0.15, -0.1) is 0 Å². The van der Waals surface area contributed by atoms with Crippen LogP contribution in [0.5, 0.6) is 5.75 Å². The first-order valence-electron chi connectivity index (χ1n) is 8.89. The molecule has 2 aromatic rings. The maximum Gasteiger partial charge on any atom is 0.242 e. The van der Waals surface area contributed by atoms with Gasteiger partial charge in [-0.2, -0.15) is 0 Å². The molecule has 0 saturated carbocycles. The zero-order valence-corrected chi connectivity index (χ0v) is 15.9. The molecule has 0 aliphatic rings. The third-order valence-corrected chi connectivity index (χ3v) is 4.36. The van der Waals surface area contributed by atoms with Gasteiger partial charge in [0, 0.05) is 19.5 Å². The number of carbonyl (C=O) groups excluding carboxylic acids is 2. The molecule has 0 unspecified atom stereocenters. The molecule has 0 aliphatic heterocycles. The lowest BCUT2D eigenvalue weighted by atomic mass is 10.1. The lowest BCUT2D eigenvalue weighted by Crippen LogP contribution is -2.47. The monoisotopic (exact) mass is 372 g/mol. The van der Waals surface area contributed by atoms with E-state index in [2.05, 4.69) is 5.32 Å². The fraction of sp³-hybridized carbons (Fsp3) is 0.333. The molecular formula is C21H25FN2O3. The molecule has 0 bridgehead atoms. The van der Waals surface area contributed by atoms with Gasteiger partial charge in [0.05, 0.1) is 7.11 Å². The average molecular weight is 372 g/mol. The van der Waals surface area contributed by atoms with Crippen LogP contribution in [0, 0.1) is 5.82 Å². The Bertz CT molecular complexity index is 760. The number of hydrogen-bond acceptors (Lipinski definition) is 3.